The summed E-state index contributed by atoms with van der Waals surface area (Å²) < 4.78 is 2.01. The SMILES string of the molecule is Cc1ccc(C(=O)C(C)Sc2nnc(-c3cccnc3)n2-c2ccccc2C)cc1. The third-order valence-corrected chi connectivity index (χ3v) is 5.94. The van der Waals surface area contributed by atoms with Crippen LogP contribution in [0, 0.1) is 13.8 Å². The molecule has 0 aliphatic carbocycles. The Morgan fingerprint density at radius 3 is 2.43 bits per heavy atom. The summed E-state index contributed by atoms with van der Waals surface area (Å²) in [5, 5.41) is 9.25. The summed E-state index contributed by atoms with van der Waals surface area (Å²) in [7, 11) is 0. The molecule has 0 spiro atoms. The van der Waals surface area contributed by atoms with Gasteiger partial charge < -0.3 is 0 Å². The molecule has 4 rings (SSSR count). The van der Waals surface area contributed by atoms with Crippen LogP contribution in [0.5, 0.6) is 0 Å². The quantitative estimate of drug-likeness (QED) is 0.316. The van der Waals surface area contributed by atoms with E-state index in [2.05, 4.69) is 28.2 Å². The molecule has 0 fully saturated rings. The fourth-order valence-electron chi connectivity index (χ4n) is 3.22. The fraction of sp³-hybridized carbons (Fsp3) is 0.167. The van der Waals surface area contributed by atoms with E-state index >= 15 is 0 Å². The fourth-order valence-corrected chi connectivity index (χ4v) is 4.16. The molecule has 4 aromatic rings. The number of Topliss-reactive ketones (excluding diaryl/α,β-unsaturated/α-hetero) is 1. The largest absolute Gasteiger partial charge is 0.293 e. The van der Waals surface area contributed by atoms with Crippen molar-refractivity contribution < 1.29 is 4.79 Å². The monoisotopic (exact) mass is 414 g/mol. The summed E-state index contributed by atoms with van der Waals surface area (Å²) >= 11 is 1.42. The minimum absolute atomic E-state index is 0.0715. The van der Waals surface area contributed by atoms with Gasteiger partial charge >= 0.3 is 0 Å². The van der Waals surface area contributed by atoms with Crippen LogP contribution in [0.4, 0.5) is 0 Å². The zero-order valence-corrected chi connectivity index (χ0v) is 17.9. The lowest BCUT2D eigenvalue weighted by Crippen LogP contribution is -2.14. The Morgan fingerprint density at radius 1 is 0.967 bits per heavy atom. The van der Waals surface area contributed by atoms with E-state index in [0.29, 0.717) is 16.5 Å². The Hall–Kier alpha value is -3.25. The van der Waals surface area contributed by atoms with Crippen LogP contribution >= 0.6 is 11.8 Å². The minimum atomic E-state index is -0.304. The molecule has 1 unspecified atom stereocenters. The standard InChI is InChI=1S/C24H22N4OS/c1-16-10-12-19(13-11-16)22(29)18(3)30-24-27-26-23(20-8-6-14-25-15-20)28(24)21-9-5-4-7-17(21)2/h4-15,18H,1-3H3. The smallest absolute Gasteiger partial charge is 0.196 e. The first-order valence-corrected chi connectivity index (χ1v) is 10.6. The van der Waals surface area contributed by atoms with Gasteiger partial charge in [-0.3, -0.25) is 14.3 Å². The first-order chi connectivity index (χ1) is 14.5. The van der Waals surface area contributed by atoms with Gasteiger partial charge in [0.1, 0.15) is 0 Å². The average Bonchev–Trinajstić information content (AvgIpc) is 3.18. The molecule has 0 N–H and O–H groups in total. The zero-order valence-electron chi connectivity index (χ0n) is 17.1. The second kappa shape index (κ2) is 8.63. The molecule has 2 heterocycles. The Bertz CT molecular complexity index is 1170. The second-order valence-electron chi connectivity index (χ2n) is 7.16. The summed E-state index contributed by atoms with van der Waals surface area (Å²) in [6.45, 7) is 5.97. The lowest BCUT2D eigenvalue weighted by atomic mass is 10.1. The molecule has 2 aromatic carbocycles. The third kappa shape index (κ3) is 4.04. The maximum Gasteiger partial charge on any atom is 0.196 e. The van der Waals surface area contributed by atoms with Gasteiger partial charge in [-0.2, -0.15) is 0 Å². The normalized spacial score (nSPS) is 12.0. The molecule has 0 saturated carbocycles. The Balaban J connectivity index is 1.73. The predicted octanol–water partition coefficient (Wildman–Crippen LogP) is 5.31. The van der Waals surface area contributed by atoms with Gasteiger partial charge in [0.25, 0.3) is 0 Å². The van der Waals surface area contributed by atoms with Gasteiger partial charge in [-0.05, 0) is 44.5 Å². The molecule has 0 amide bonds. The average molecular weight is 415 g/mol. The molecule has 0 saturated heterocycles. The third-order valence-electron chi connectivity index (χ3n) is 4.90. The van der Waals surface area contributed by atoms with Crippen LogP contribution in [-0.2, 0) is 0 Å². The van der Waals surface area contributed by atoms with Crippen LogP contribution in [0.3, 0.4) is 0 Å². The molecule has 0 aliphatic heterocycles. The highest BCUT2D eigenvalue weighted by molar-refractivity contribution is 8.00. The molecule has 0 radical (unpaired) electrons. The summed E-state index contributed by atoms with van der Waals surface area (Å²) in [6.07, 6.45) is 3.50. The zero-order chi connectivity index (χ0) is 21.1. The van der Waals surface area contributed by atoms with Crippen molar-refractivity contribution in [2.45, 2.75) is 31.2 Å². The van der Waals surface area contributed by atoms with Crippen LogP contribution < -0.4 is 0 Å². The molecule has 6 heteroatoms. The molecule has 150 valence electrons. The second-order valence-corrected chi connectivity index (χ2v) is 8.47. The molecule has 0 bridgehead atoms. The van der Waals surface area contributed by atoms with Crippen molar-refractivity contribution in [3.8, 4) is 17.1 Å². The van der Waals surface area contributed by atoms with Crippen molar-refractivity contribution in [3.05, 3.63) is 89.7 Å². The number of hydrogen-bond acceptors (Lipinski definition) is 5. The number of aromatic nitrogens is 4. The van der Waals surface area contributed by atoms with Gasteiger partial charge in [0.2, 0.25) is 0 Å². The molecule has 30 heavy (non-hydrogen) atoms. The topological polar surface area (TPSA) is 60.7 Å². The number of pyridine rings is 1. The van der Waals surface area contributed by atoms with Gasteiger partial charge in [-0.15, -0.1) is 10.2 Å². The van der Waals surface area contributed by atoms with Crippen LogP contribution in [0.15, 0.2) is 78.2 Å². The van der Waals surface area contributed by atoms with E-state index in [9.17, 15) is 4.79 Å². The van der Waals surface area contributed by atoms with Gasteiger partial charge in [-0.25, -0.2) is 0 Å². The highest BCUT2D eigenvalue weighted by Gasteiger charge is 2.23. The van der Waals surface area contributed by atoms with Gasteiger partial charge in [0.05, 0.1) is 10.9 Å². The van der Waals surface area contributed by atoms with Crippen molar-refractivity contribution in [3.63, 3.8) is 0 Å². The Morgan fingerprint density at radius 2 is 1.73 bits per heavy atom. The van der Waals surface area contributed by atoms with Gasteiger partial charge in [0, 0.05) is 23.5 Å². The van der Waals surface area contributed by atoms with Gasteiger partial charge in [0.15, 0.2) is 16.8 Å². The van der Waals surface area contributed by atoms with Crippen molar-refractivity contribution in [2.24, 2.45) is 0 Å². The number of para-hydroxylation sites is 1. The van der Waals surface area contributed by atoms with Crippen LogP contribution in [0.2, 0.25) is 0 Å². The van der Waals surface area contributed by atoms with Crippen molar-refractivity contribution in [2.75, 3.05) is 0 Å². The molecular weight excluding hydrogens is 392 g/mol. The van der Waals surface area contributed by atoms with E-state index in [4.69, 9.17) is 0 Å². The number of carbonyl (C=O) groups is 1. The first-order valence-electron chi connectivity index (χ1n) is 9.74. The first kappa shape index (κ1) is 20.0. The maximum absolute atomic E-state index is 13.0. The lowest BCUT2D eigenvalue weighted by molar-refractivity contribution is 0.0994. The molecular formula is C24H22N4OS. The molecule has 0 aliphatic rings. The summed E-state index contributed by atoms with van der Waals surface area (Å²) in [5.74, 6) is 0.775. The van der Waals surface area contributed by atoms with Crippen LogP contribution in [0.1, 0.15) is 28.4 Å². The minimum Gasteiger partial charge on any atom is -0.293 e. The number of benzene rings is 2. The number of hydrogen-bond donors (Lipinski definition) is 0. The van der Waals surface area contributed by atoms with E-state index in [1.807, 2.05) is 73.0 Å². The van der Waals surface area contributed by atoms with Crippen molar-refractivity contribution in [1.29, 1.82) is 0 Å². The number of ketones is 1. The van der Waals surface area contributed by atoms with Gasteiger partial charge in [-0.1, -0.05) is 59.8 Å². The van der Waals surface area contributed by atoms with Crippen LogP contribution in [0.25, 0.3) is 17.1 Å². The number of thioether (sulfide) groups is 1. The number of rotatable bonds is 6. The van der Waals surface area contributed by atoms with E-state index < -0.39 is 0 Å². The number of nitrogens with zero attached hydrogens (tertiary/aromatic N) is 4. The maximum atomic E-state index is 13.0. The Labute approximate surface area is 180 Å². The number of aryl methyl sites for hydroxylation is 2. The van der Waals surface area contributed by atoms with E-state index in [-0.39, 0.29) is 11.0 Å². The lowest BCUT2D eigenvalue weighted by Gasteiger charge is -2.15. The molecule has 1 atom stereocenters. The van der Waals surface area contributed by atoms with Crippen molar-refractivity contribution >= 4 is 17.5 Å². The van der Waals surface area contributed by atoms with E-state index in [1.54, 1.807) is 12.4 Å². The van der Waals surface area contributed by atoms with Crippen molar-refractivity contribution in [1.82, 2.24) is 19.7 Å². The van der Waals surface area contributed by atoms with Crippen LogP contribution in [-0.4, -0.2) is 30.8 Å². The van der Waals surface area contributed by atoms with E-state index in [0.717, 1.165) is 22.4 Å². The molecule has 5 nitrogen and oxygen atoms in total. The highest BCUT2D eigenvalue weighted by atomic mass is 32.2. The van der Waals surface area contributed by atoms with E-state index in [1.165, 1.54) is 11.8 Å². The number of carbonyl (C=O) groups excluding carboxylic acids is 1. The summed E-state index contributed by atoms with van der Waals surface area (Å²) in [5.41, 5.74) is 4.79. The molecule has 2 aromatic heterocycles. The Kier molecular flexibility index (Phi) is 5.77. The highest BCUT2D eigenvalue weighted by Crippen LogP contribution is 2.32. The predicted molar refractivity (Wildman–Crippen MR) is 120 cm³/mol. The summed E-state index contributed by atoms with van der Waals surface area (Å²) in [6, 6.07) is 19.6. The summed E-state index contributed by atoms with van der Waals surface area (Å²) in [4.78, 5) is 17.2.